The van der Waals surface area contributed by atoms with Crippen LogP contribution in [0.3, 0.4) is 0 Å². The van der Waals surface area contributed by atoms with Crippen LogP contribution in [0.2, 0.25) is 0 Å². The van der Waals surface area contributed by atoms with Crippen molar-refractivity contribution >= 4 is 21.8 Å². The molecule has 2 atom stereocenters. The van der Waals surface area contributed by atoms with E-state index >= 15 is 0 Å². The van der Waals surface area contributed by atoms with Gasteiger partial charge in [0.2, 0.25) is 0 Å². The summed E-state index contributed by atoms with van der Waals surface area (Å²) in [5.41, 5.74) is 1.60. The van der Waals surface area contributed by atoms with Gasteiger partial charge in [0.15, 0.2) is 0 Å². The number of rotatable bonds is 2. The highest BCUT2D eigenvalue weighted by Crippen LogP contribution is 2.21. The van der Waals surface area contributed by atoms with Crippen molar-refractivity contribution in [3.63, 3.8) is 0 Å². The van der Waals surface area contributed by atoms with Gasteiger partial charge in [0, 0.05) is 10.0 Å². The Morgan fingerprint density at radius 3 is 2.83 bits per heavy atom. The van der Waals surface area contributed by atoms with Crippen LogP contribution >= 0.6 is 15.9 Å². The number of carbonyl (C=O) groups excluding carboxylic acids is 1. The Morgan fingerprint density at radius 1 is 1.39 bits per heavy atom. The lowest BCUT2D eigenvalue weighted by Gasteiger charge is -2.28. The van der Waals surface area contributed by atoms with Gasteiger partial charge in [-0.3, -0.25) is 4.79 Å². The fourth-order valence-electron chi connectivity index (χ4n) is 2.38. The van der Waals surface area contributed by atoms with E-state index in [0.29, 0.717) is 5.56 Å². The van der Waals surface area contributed by atoms with Gasteiger partial charge in [-0.1, -0.05) is 34.8 Å². The highest BCUT2D eigenvalue weighted by atomic mass is 79.9. The van der Waals surface area contributed by atoms with Crippen molar-refractivity contribution in [1.29, 1.82) is 0 Å². The van der Waals surface area contributed by atoms with Crippen LogP contribution in [0.4, 0.5) is 0 Å². The molecule has 1 aliphatic rings. The molecule has 4 heteroatoms. The molecule has 2 rings (SSSR count). The van der Waals surface area contributed by atoms with E-state index in [1.165, 1.54) is 0 Å². The van der Waals surface area contributed by atoms with E-state index in [-0.39, 0.29) is 11.9 Å². The first-order valence-electron chi connectivity index (χ1n) is 6.33. The first kappa shape index (κ1) is 13.6. The maximum atomic E-state index is 12.2. The molecule has 0 spiro atoms. The minimum Gasteiger partial charge on any atom is -0.391 e. The quantitative estimate of drug-likeness (QED) is 0.882. The molecular weight excluding hydrogens is 294 g/mol. The standard InChI is InChI=1S/C14H18BrNO2/c1-9-10(5-4-6-11(9)15)14(18)16-12-7-2-3-8-13(12)17/h4-6,12-13,17H,2-3,7-8H2,1H3,(H,16,18)/t12-,13-/m0/s1. The number of hydrogen-bond donors (Lipinski definition) is 2. The molecule has 18 heavy (non-hydrogen) atoms. The van der Waals surface area contributed by atoms with E-state index in [0.717, 1.165) is 35.7 Å². The number of aliphatic hydroxyl groups excluding tert-OH is 1. The summed E-state index contributed by atoms with van der Waals surface area (Å²) >= 11 is 3.42. The molecule has 98 valence electrons. The minimum atomic E-state index is -0.407. The number of carbonyl (C=O) groups is 1. The Balaban J connectivity index is 2.09. The van der Waals surface area contributed by atoms with Crippen LogP contribution in [0.5, 0.6) is 0 Å². The molecule has 0 unspecified atom stereocenters. The van der Waals surface area contributed by atoms with Gasteiger partial charge >= 0.3 is 0 Å². The number of nitrogens with one attached hydrogen (secondary N) is 1. The molecule has 1 aliphatic carbocycles. The van der Waals surface area contributed by atoms with Crippen molar-refractivity contribution in [2.24, 2.45) is 0 Å². The summed E-state index contributed by atoms with van der Waals surface area (Å²) in [6.45, 7) is 1.91. The third-order valence-corrected chi connectivity index (χ3v) is 4.42. The maximum absolute atomic E-state index is 12.2. The molecular formula is C14H18BrNO2. The zero-order valence-electron chi connectivity index (χ0n) is 10.4. The predicted octanol–water partition coefficient (Wildman–Crippen LogP) is 2.79. The number of benzene rings is 1. The maximum Gasteiger partial charge on any atom is 0.251 e. The third-order valence-electron chi connectivity index (χ3n) is 3.56. The number of hydrogen-bond acceptors (Lipinski definition) is 2. The van der Waals surface area contributed by atoms with Crippen molar-refractivity contribution < 1.29 is 9.90 Å². The first-order chi connectivity index (χ1) is 8.59. The molecule has 3 nitrogen and oxygen atoms in total. The summed E-state index contributed by atoms with van der Waals surface area (Å²) in [4.78, 5) is 12.2. The molecule has 1 amide bonds. The third kappa shape index (κ3) is 2.93. The SMILES string of the molecule is Cc1c(Br)cccc1C(=O)N[C@H]1CCCC[C@@H]1O. The summed E-state index contributed by atoms with van der Waals surface area (Å²) in [7, 11) is 0. The van der Waals surface area contributed by atoms with E-state index in [4.69, 9.17) is 0 Å². The summed E-state index contributed by atoms with van der Waals surface area (Å²) in [5, 5.41) is 12.8. The topological polar surface area (TPSA) is 49.3 Å². The van der Waals surface area contributed by atoms with E-state index in [1.807, 2.05) is 25.1 Å². The molecule has 0 heterocycles. The van der Waals surface area contributed by atoms with Gasteiger partial charge in [0.1, 0.15) is 0 Å². The van der Waals surface area contributed by atoms with Crippen LogP contribution in [-0.2, 0) is 0 Å². The van der Waals surface area contributed by atoms with Crippen molar-refractivity contribution in [3.05, 3.63) is 33.8 Å². The molecule has 0 aromatic heterocycles. The molecule has 1 fully saturated rings. The minimum absolute atomic E-state index is 0.0975. The Bertz CT molecular complexity index is 447. The van der Waals surface area contributed by atoms with Crippen molar-refractivity contribution in [2.75, 3.05) is 0 Å². The molecule has 0 radical (unpaired) electrons. The van der Waals surface area contributed by atoms with Crippen molar-refractivity contribution in [1.82, 2.24) is 5.32 Å². The Labute approximate surface area is 116 Å². The Hall–Kier alpha value is -0.870. The van der Waals surface area contributed by atoms with Gasteiger partial charge in [-0.2, -0.15) is 0 Å². The smallest absolute Gasteiger partial charge is 0.251 e. The average Bonchev–Trinajstić information content (AvgIpc) is 2.35. The van der Waals surface area contributed by atoms with Gasteiger partial charge < -0.3 is 10.4 Å². The van der Waals surface area contributed by atoms with Crippen LogP contribution in [0, 0.1) is 6.92 Å². The van der Waals surface area contributed by atoms with E-state index in [1.54, 1.807) is 0 Å². The van der Waals surface area contributed by atoms with E-state index in [9.17, 15) is 9.90 Å². The van der Waals surface area contributed by atoms with Crippen molar-refractivity contribution in [2.45, 2.75) is 44.8 Å². The van der Waals surface area contributed by atoms with Gasteiger partial charge in [-0.25, -0.2) is 0 Å². The molecule has 1 aromatic rings. The molecule has 0 saturated heterocycles. The lowest BCUT2D eigenvalue weighted by atomic mass is 9.92. The summed E-state index contributed by atoms with van der Waals surface area (Å²) in [5.74, 6) is -0.0975. The number of amides is 1. The first-order valence-corrected chi connectivity index (χ1v) is 7.13. The number of aliphatic hydroxyl groups is 1. The highest BCUT2D eigenvalue weighted by Gasteiger charge is 2.25. The van der Waals surface area contributed by atoms with Gasteiger partial charge in [0.25, 0.3) is 5.91 Å². The fourth-order valence-corrected chi connectivity index (χ4v) is 2.75. The Kier molecular flexibility index (Phi) is 4.40. The zero-order valence-corrected chi connectivity index (χ0v) is 12.0. The van der Waals surface area contributed by atoms with Crippen LogP contribution in [0.1, 0.15) is 41.6 Å². The molecule has 1 saturated carbocycles. The molecule has 0 bridgehead atoms. The van der Waals surface area contributed by atoms with Crippen LogP contribution in [0.15, 0.2) is 22.7 Å². The van der Waals surface area contributed by atoms with E-state index in [2.05, 4.69) is 21.2 Å². The second-order valence-electron chi connectivity index (χ2n) is 4.84. The largest absolute Gasteiger partial charge is 0.391 e. The van der Waals surface area contributed by atoms with Crippen molar-refractivity contribution in [3.8, 4) is 0 Å². The number of halogens is 1. The summed E-state index contributed by atoms with van der Waals surface area (Å²) < 4.78 is 0.930. The zero-order chi connectivity index (χ0) is 13.1. The monoisotopic (exact) mass is 311 g/mol. The lowest BCUT2D eigenvalue weighted by Crippen LogP contribution is -2.45. The van der Waals surface area contributed by atoms with Gasteiger partial charge in [0.05, 0.1) is 12.1 Å². The summed E-state index contributed by atoms with van der Waals surface area (Å²) in [6.07, 6.45) is 3.35. The van der Waals surface area contributed by atoms with Crippen LogP contribution in [0.25, 0.3) is 0 Å². The summed E-state index contributed by atoms with van der Waals surface area (Å²) in [6, 6.07) is 5.47. The van der Waals surface area contributed by atoms with Gasteiger partial charge in [-0.05, 0) is 37.5 Å². The normalized spacial score (nSPS) is 23.7. The molecule has 0 aliphatic heterocycles. The van der Waals surface area contributed by atoms with Crippen LogP contribution < -0.4 is 5.32 Å². The molecule has 1 aromatic carbocycles. The fraction of sp³-hybridized carbons (Fsp3) is 0.500. The molecule has 2 N–H and O–H groups in total. The second-order valence-corrected chi connectivity index (χ2v) is 5.70. The predicted molar refractivity (Wildman–Crippen MR) is 74.6 cm³/mol. The van der Waals surface area contributed by atoms with Crippen LogP contribution in [-0.4, -0.2) is 23.2 Å². The lowest BCUT2D eigenvalue weighted by molar-refractivity contribution is 0.0717. The highest BCUT2D eigenvalue weighted by molar-refractivity contribution is 9.10. The van der Waals surface area contributed by atoms with Gasteiger partial charge in [-0.15, -0.1) is 0 Å². The second kappa shape index (κ2) is 5.85. The van der Waals surface area contributed by atoms with E-state index < -0.39 is 6.10 Å². The average molecular weight is 312 g/mol. The Morgan fingerprint density at radius 2 is 2.11 bits per heavy atom.